The summed E-state index contributed by atoms with van der Waals surface area (Å²) in [4.78, 5) is 12.3. The number of benzene rings is 1. The molecule has 1 aliphatic heterocycles. The molecule has 0 aromatic heterocycles. The van der Waals surface area contributed by atoms with E-state index in [1.54, 1.807) is 13.0 Å². The topological polar surface area (TPSA) is 87.0 Å². The molecule has 5 nitrogen and oxygen atoms in total. The van der Waals surface area contributed by atoms with Crippen molar-refractivity contribution in [3.05, 3.63) is 29.3 Å². The second kappa shape index (κ2) is 8.02. The Morgan fingerprint density at radius 2 is 1.87 bits per heavy atom. The Morgan fingerprint density at radius 3 is 2.65 bits per heavy atom. The number of aliphatic hydroxyl groups excluding tert-OH is 1. The molecular formula is C18H24O5. The first-order valence-electron chi connectivity index (χ1n) is 8.09. The average molecular weight is 320 g/mol. The van der Waals surface area contributed by atoms with E-state index in [1.165, 1.54) is 6.07 Å². The molecule has 1 aromatic carbocycles. The van der Waals surface area contributed by atoms with Crippen LogP contribution in [-0.4, -0.2) is 33.5 Å². The second-order valence-electron chi connectivity index (χ2n) is 6.06. The van der Waals surface area contributed by atoms with Gasteiger partial charge in [-0.25, -0.2) is 4.79 Å². The summed E-state index contributed by atoms with van der Waals surface area (Å²) in [5.74, 6) is -1.00. The van der Waals surface area contributed by atoms with Gasteiger partial charge in [-0.3, -0.25) is 0 Å². The number of cyclic esters (lactones) is 1. The highest BCUT2D eigenvalue weighted by molar-refractivity contribution is 5.97. The van der Waals surface area contributed by atoms with E-state index in [2.05, 4.69) is 0 Å². The lowest BCUT2D eigenvalue weighted by atomic mass is 10.0. The largest absolute Gasteiger partial charge is 0.508 e. The highest BCUT2D eigenvalue weighted by atomic mass is 16.5. The molecule has 0 fully saturated rings. The van der Waals surface area contributed by atoms with Crippen LogP contribution in [0.2, 0.25) is 0 Å². The van der Waals surface area contributed by atoms with Gasteiger partial charge in [-0.2, -0.15) is 0 Å². The molecule has 0 aliphatic carbocycles. The van der Waals surface area contributed by atoms with Crippen molar-refractivity contribution in [2.24, 2.45) is 0 Å². The van der Waals surface area contributed by atoms with E-state index in [0.717, 1.165) is 31.7 Å². The maximum absolute atomic E-state index is 12.3. The number of phenolic OH excluding ortho intramolecular Hbond substituents is 2. The predicted octanol–water partition coefficient (Wildman–Crippen LogP) is 3.37. The molecule has 23 heavy (non-hydrogen) atoms. The molecule has 0 saturated carbocycles. The molecule has 2 atom stereocenters. The van der Waals surface area contributed by atoms with Gasteiger partial charge in [0.05, 0.1) is 12.2 Å². The van der Waals surface area contributed by atoms with Crippen molar-refractivity contribution in [3.8, 4) is 11.5 Å². The van der Waals surface area contributed by atoms with Crippen LogP contribution in [0.5, 0.6) is 11.5 Å². The molecule has 5 heteroatoms. The third kappa shape index (κ3) is 4.99. The van der Waals surface area contributed by atoms with Crippen LogP contribution in [0, 0.1) is 0 Å². The van der Waals surface area contributed by atoms with Crippen LogP contribution in [0.3, 0.4) is 0 Å². The first-order chi connectivity index (χ1) is 11.0. The lowest BCUT2D eigenvalue weighted by molar-refractivity contribution is 0.0307. The lowest BCUT2D eigenvalue weighted by Crippen LogP contribution is -2.17. The number of aromatic hydroxyl groups is 2. The number of fused-ring (bicyclic) bond motifs is 1. The minimum atomic E-state index is -0.604. The van der Waals surface area contributed by atoms with Crippen LogP contribution >= 0.6 is 0 Å². The van der Waals surface area contributed by atoms with Gasteiger partial charge in [-0.05, 0) is 57.1 Å². The summed E-state index contributed by atoms with van der Waals surface area (Å²) in [6, 6.07) is 2.57. The van der Waals surface area contributed by atoms with Crippen molar-refractivity contribution >= 4 is 12.0 Å². The number of allylic oxidation sites excluding steroid dienone is 1. The summed E-state index contributed by atoms with van der Waals surface area (Å²) in [5.41, 5.74) is 0.500. The number of esters is 1. The summed E-state index contributed by atoms with van der Waals surface area (Å²) in [6.45, 7) is 1.79. The molecule has 2 rings (SSSR count). The van der Waals surface area contributed by atoms with Crippen molar-refractivity contribution in [2.45, 2.75) is 57.7 Å². The molecule has 0 amide bonds. The molecule has 1 aliphatic rings. The van der Waals surface area contributed by atoms with Crippen molar-refractivity contribution in [1.29, 1.82) is 0 Å². The molecule has 126 valence electrons. The molecule has 1 aromatic rings. The highest BCUT2D eigenvalue weighted by Gasteiger charge is 2.20. The zero-order valence-electron chi connectivity index (χ0n) is 13.4. The van der Waals surface area contributed by atoms with Crippen molar-refractivity contribution < 1.29 is 24.9 Å². The fraction of sp³-hybridized carbons (Fsp3) is 0.500. The van der Waals surface area contributed by atoms with E-state index >= 15 is 0 Å². The molecule has 3 N–H and O–H groups in total. The number of aliphatic hydroxyl groups is 1. The Kier molecular flexibility index (Phi) is 6.04. The Bertz CT molecular complexity index is 579. The van der Waals surface area contributed by atoms with Gasteiger partial charge in [-0.1, -0.05) is 12.2 Å². The third-order valence-electron chi connectivity index (χ3n) is 4.00. The van der Waals surface area contributed by atoms with Gasteiger partial charge < -0.3 is 20.1 Å². The maximum Gasteiger partial charge on any atom is 0.342 e. The standard InChI is InChI=1S/C18H24O5/c1-12-6-5-9-14(19)8-4-2-3-7-13-10-15(20)11-16(21)17(13)18(22)23-12/h3,7,10-12,14,19-21H,2,4-6,8-9H2,1H3/t12-,14+/m1/s1. The molecule has 0 spiro atoms. The van der Waals surface area contributed by atoms with Crippen LogP contribution in [0.4, 0.5) is 0 Å². The van der Waals surface area contributed by atoms with E-state index in [4.69, 9.17) is 4.74 Å². The number of carbonyl (C=O) groups is 1. The Labute approximate surface area is 136 Å². The SMILES string of the molecule is C[C@@H]1CCC[C@@H](O)CCCC=Cc2cc(O)cc(O)c2C(=O)O1. The highest BCUT2D eigenvalue weighted by Crippen LogP contribution is 2.30. The molecular weight excluding hydrogens is 296 g/mol. The van der Waals surface area contributed by atoms with Gasteiger partial charge in [-0.15, -0.1) is 0 Å². The Hall–Kier alpha value is -2.01. The van der Waals surface area contributed by atoms with Crippen molar-refractivity contribution in [1.82, 2.24) is 0 Å². The number of carbonyl (C=O) groups excluding carboxylic acids is 1. The molecule has 1 heterocycles. The summed E-state index contributed by atoms with van der Waals surface area (Å²) >= 11 is 0. The Balaban J connectivity index is 2.30. The number of hydrogen-bond acceptors (Lipinski definition) is 5. The minimum absolute atomic E-state index is 0.0722. The van der Waals surface area contributed by atoms with Gasteiger partial charge in [0, 0.05) is 6.07 Å². The van der Waals surface area contributed by atoms with Gasteiger partial charge >= 0.3 is 5.97 Å². The van der Waals surface area contributed by atoms with Crippen molar-refractivity contribution in [3.63, 3.8) is 0 Å². The molecule has 0 unspecified atom stereocenters. The van der Waals surface area contributed by atoms with E-state index in [9.17, 15) is 20.1 Å². The maximum atomic E-state index is 12.3. The number of hydrogen-bond donors (Lipinski definition) is 3. The van der Waals surface area contributed by atoms with Crippen LogP contribution < -0.4 is 0 Å². The number of rotatable bonds is 0. The normalized spacial score (nSPS) is 23.7. The minimum Gasteiger partial charge on any atom is -0.508 e. The zero-order chi connectivity index (χ0) is 16.8. The average Bonchev–Trinajstić information content (AvgIpc) is 2.45. The molecule has 0 bridgehead atoms. The van der Waals surface area contributed by atoms with Crippen LogP contribution in [0.25, 0.3) is 6.08 Å². The van der Waals surface area contributed by atoms with E-state index < -0.39 is 5.97 Å². The smallest absolute Gasteiger partial charge is 0.342 e. The van der Waals surface area contributed by atoms with Gasteiger partial charge in [0.25, 0.3) is 0 Å². The second-order valence-corrected chi connectivity index (χ2v) is 6.06. The van der Waals surface area contributed by atoms with Gasteiger partial charge in [0.1, 0.15) is 17.1 Å². The van der Waals surface area contributed by atoms with E-state index in [0.29, 0.717) is 18.4 Å². The first-order valence-corrected chi connectivity index (χ1v) is 8.09. The third-order valence-corrected chi connectivity index (χ3v) is 4.00. The van der Waals surface area contributed by atoms with Gasteiger partial charge in [0.15, 0.2) is 0 Å². The number of ether oxygens (including phenoxy) is 1. The zero-order valence-corrected chi connectivity index (χ0v) is 13.4. The van der Waals surface area contributed by atoms with Crippen LogP contribution in [-0.2, 0) is 4.74 Å². The molecule has 0 radical (unpaired) electrons. The van der Waals surface area contributed by atoms with E-state index in [-0.39, 0.29) is 29.3 Å². The van der Waals surface area contributed by atoms with Gasteiger partial charge in [0.2, 0.25) is 0 Å². The monoisotopic (exact) mass is 320 g/mol. The quantitative estimate of drug-likeness (QED) is 0.638. The number of phenols is 2. The fourth-order valence-corrected chi connectivity index (χ4v) is 2.75. The van der Waals surface area contributed by atoms with Crippen LogP contribution in [0.1, 0.15) is 61.4 Å². The summed E-state index contributed by atoms with van der Waals surface area (Å²) < 4.78 is 5.38. The van der Waals surface area contributed by atoms with Crippen LogP contribution in [0.15, 0.2) is 18.2 Å². The summed E-state index contributed by atoms with van der Waals surface area (Å²) in [7, 11) is 0. The summed E-state index contributed by atoms with van der Waals surface area (Å²) in [5, 5.41) is 29.5. The van der Waals surface area contributed by atoms with Crippen molar-refractivity contribution in [2.75, 3.05) is 0 Å². The fourth-order valence-electron chi connectivity index (χ4n) is 2.75. The van der Waals surface area contributed by atoms with E-state index in [1.807, 2.05) is 6.08 Å². The predicted molar refractivity (Wildman–Crippen MR) is 87.4 cm³/mol. The lowest BCUT2D eigenvalue weighted by Gasteiger charge is -2.17. The first kappa shape index (κ1) is 17.3. The molecule has 0 saturated heterocycles. The summed E-state index contributed by atoms with van der Waals surface area (Å²) in [6.07, 6.45) is 7.39. The Morgan fingerprint density at radius 1 is 1.13 bits per heavy atom.